The number of aromatic nitrogens is 1. The molecule has 0 saturated heterocycles. The van der Waals surface area contributed by atoms with Crippen LogP contribution in [-0.4, -0.2) is 23.4 Å². The van der Waals surface area contributed by atoms with E-state index in [9.17, 15) is 5.11 Å². The van der Waals surface area contributed by atoms with E-state index in [0.29, 0.717) is 18.8 Å². The van der Waals surface area contributed by atoms with E-state index in [1.807, 2.05) is 30.3 Å². The number of pyridine rings is 1. The lowest BCUT2D eigenvalue weighted by atomic mass is 10.1. The SMILES string of the molecule is OC(CNCc1ccncc1)c1ccc2c(c1)OCO2. The Morgan fingerprint density at radius 1 is 1.15 bits per heavy atom. The molecule has 20 heavy (non-hydrogen) atoms. The molecule has 104 valence electrons. The lowest BCUT2D eigenvalue weighted by Crippen LogP contribution is -2.21. The van der Waals surface area contributed by atoms with Crippen LogP contribution in [0.15, 0.2) is 42.7 Å². The van der Waals surface area contributed by atoms with Crippen molar-refractivity contribution in [2.24, 2.45) is 0 Å². The fraction of sp³-hybridized carbons (Fsp3) is 0.267. The molecule has 1 unspecified atom stereocenters. The van der Waals surface area contributed by atoms with E-state index in [1.54, 1.807) is 12.4 Å². The molecular weight excluding hydrogens is 256 g/mol. The van der Waals surface area contributed by atoms with Gasteiger partial charge in [0.15, 0.2) is 11.5 Å². The molecule has 1 aliphatic rings. The molecule has 0 spiro atoms. The maximum atomic E-state index is 10.2. The third-order valence-corrected chi connectivity index (χ3v) is 3.20. The van der Waals surface area contributed by atoms with Crippen LogP contribution < -0.4 is 14.8 Å². The van der Waals surface area contributed by atoms with Crippen molar-refractivity contribution < 1.29 is 14.6 Å². The number of hydrogen-bond donors (Lipinski definition) is 2. The first-order valence-electron chi connectivity index (χ1n) is 6.50. The van der Waals surface area contributed by atoms with Crippen LogP contribution in [0.1, 0.15) is 17.2 Å². The van der Waals surface area contributed by atoms with E-state index < -0.39 is 6.10 Å². The lowest BCUT2D eigenvalue weighted by Gasteiger charge is -2.12. The Morgan fingerprint density at radius 2 is 1.95 bits per heavy atom. The maximum absolute atomic E-state index is 10.2. The minimum atomic E-state index is -0.577. The third kappa shape index (κ3) is 2.89. The monoisotopic (exact) mass is 272 g/mol. The minimum Gasteiger partial charge on any atom is -0.454 e. The number of nitrogens with zero attached hydrogens (tertiary/aromatic N) is 1. The van der Waals surface area contributed by atoms with Gasteiger partial charge in [0.2, 0.25) is 6.79 Å². The summed E-state index contributed by atoms with van der Waals surface area (Å²) < 4.78 is 10.5. The van der Waals surface area contributed by atoms with E-state index in [1.165, 1.54) is 0 Å². The third-order valence-electron chi connectivity index (χ3n) is 3.20. The molecule has 0 aliphatic carbocycles. The largest absolute Gasteiger partial charge is 0.454 e. The summed E-state index contributed by atoms with van der Waals surface area (Å²) in [6.07, 6.45) is 2.93. The van der Waals surface area contributed by atoms with E-state index in [4.69, 9.17) is 9.47 Å². The van der Waals surface area contributed by atoms with Gasteiger partial charge in [0.1, 0.15) is 0 Å². The molecular formula is C15H16N2O3. The number of benzene rings is 1. The van der Waals surface area contributed by atoms with Crippen LogP contribution in [0.5, 0.6) is 11.5 Å². The van der Waals surface area contributed by atoms with Crippen LogP contribution in [0.4, 0.5) is 0 Å². The molecule has 5 heteroatoms. The van der Waals surface area contributed by atoms with E-state index in [0.717, 1.165) is 16.9 Å². The van der Waals surface area contributed by atoms with Gasteiger partial charge in [-0.05, 0) is 35.4 Å². The maximum Gasteiger partial charge on any atom is 0.231 e. The van der Waals surface area contributed by atoms with Gasteiger partial charge in [-0.3, -0.25) is 4.98 Å². The molecule has 0 bridgehead atoms. The zero-order chi connectivity index (χ0) is 13.8. The molecule has 1 aromatic carbocycles. The highest BCUT2D eigenvalue weighted by atomic mass is 16.7. The standard InChI is InChI=1S/C15H16N2O3/c18-13(9-17-8-11-3-5-16-6-4-11)12-1-2-14-15(7-12)20-10-19-14/h1-7,13,17-18H,8-10H2. The summed E-state index contributed by atoms with van der Waals surface area (Å²) in [4.78, 5) is 3.97. The van der Waals surface area contributed by atoms with Gasteiger partial charge >= 0.3 is 0 Å². The summed E-state index contributed by atoms with van der Waals surface area (Å²) in [6, 6.07) is 9.39. The zero-order valence-corrected chi connectivity index (χ0v) is 11.0. The molecule has 2 N–H and O–H groups in total. The Balaban J connectivity index is 1.55. The van der Waals surface area contributed by atoms with Gasteiger partial charge in [-0.15, -0.1) is 0 Å². The topological polar surface area (TPSA) is 63.6 Å². The summed E-state index contributed by atoms with van der Waals surface area (Å²) in [7, 11) is 0. The van der Waals surface area contributed by atoms with Crippen molar-refractivity contribution in [2.45, 2.75) is 12.6 Å². The summed E-state index contributed by atoms with van der Waals surface area (Å²) >= 11 is 0. The van der Waals surface area contributed by atoms with E-state index in [-0.39, 0.29) is 6.79 Å². The molecule has 1 aromatic heterocycles. The van der Waals surface area contributed by atoms with E-state index >= 15 is 0 Å². The van der Waals surface area contributed by atoms with Crippen molar-refractivity contribution in [1.29, 1.82) is 0 Å². The summed E-state index contributed by atoms with van der Waals surface area (Å²) in [5.41, 5.74) is 1.95. The van der Waals surface area contributed by atoms with Gasteiger partial charge in [-0.1, -0.05) is 6.07 Å². The number of aliphatic hydroxyl groups is 1. The van der Waals surface area contributed by atoms with Gasteiger partial charge < -0.3 is 19.9 Å². The minimum absolute atomic E-state index is 0.245. The smallest absolute Gasteiger partial charge is 0.231 e. The number of aliphatic hydroxyl groups excluding tert-OH is 1. The van der Waals surface area contributed by atoms with Crippen molar-refractivity contribution in [3.63, 3.8) is 0 Å². The second kappa shape index (κ2) is 5.90. The number of ether oxygens (including phenoxy) is 2. The van der Waals surface area contributed by atoms with Crippen LogP contribution in [0, 0.1) is 0 Å². The van der Waals surface area contributed by atoms with Crippen molar-refractivity contribution in [3.8, 4) is 11.5 Å². The average molecular weight is 272 g/mol. The fourth-order valence-corrected chi connectivity index (χ4v) is 2.09. The Hall–Kier alpha value is -2.11. The molecule has 1 aliphatic heterocycles. The van der Waals surface area contributed by atoms with Gasteiger partial charge in [0.05, 0.1) is 6.10 Å². The van der Waals surface area contributed by atoms with Crippen molar-refractivity contribution in [2.75, 3.05) is 13.3 Å². The van der Waals surface area contributed by atoms with Crippen molar-refractivity contribution >= 4 is 0 Å². The summed E-state index contributed by atoms with van der Waals surface area (Å²) in [5.74, 6) is 1.42. The molecule has 3 rings (SSSR count). The second-order valence-corrected chi connectivity index (χ2v) is 4.61. The average Bonchev–Trinajstić information content (AvgIpc) is 2.95. The van der Waals surface area contributed by atoms with Crippen molar-refractivity contribution in [3.05, 3.63) is 53.9 Å². The number of fused-ring (bicyclic) bond motifs is 1. The first kappa shape index (κ1) is 12.9. The van der Waals surface area contributed by atoms with Crippen LogP contribution >= 0.6 is 0 Å². The molecule has 2 aromatic rings. The zero-order valence-electron chi connectivity index (χ0n) is 11.0. The molecule has 2 heterocycles. The Morgan fingerprint density at radius 3 is 2.80 bits per heavy atom. The molecule has 5 nitrogen and oxygen atoms in total. The van der Waals surface area contributed by atoms with Gasteiger partial charge in [-0.25, -0.2) is 0 Å². The number of nitrogens with one attached hydrogen (secondary N) is 1. The normalized spacial score (nSPS) is 14.2. The highest BCUT2D eigenvalue weighted by Gasteiger charge is 2.16. The Labute approximate surface area is 117 Å². The summed E-state index contributed by atoms with van der Waals surface area (Å²) in [5, 5.41) is 13.4. The van der Waals surface area contributed by atoms with Crippen LogP contribution in [0.2, 0.25) is 0 Å². The van der Waals surface area contributed by atoms with Crippen LogP contribution in [-0.2, 0) is 6.54 Å². The lowest BCUT2D eigenvalue weighted by molar-refractivity contribution is 0.170. The predicted octanol–water partition coefficient (Wildman–Crippen LogP) is 1.63. The number of rotatable bonds is 5. The molecule has 0 amide bonds. The van der Waals surface area contributed by atoms with Gasteiger partial charge in [-0.2, -0.15) is 0 Å². The highest BCUT2D eigenvalue weighted by molar-refractivity contribution is 5.45. The predicted molar refractivity (Wildman–Crippen MR) is 73.5 cm³/mol. The van der Waals surface area contributed by atoms with E-state index in [2.05, 4.69) is 10.3 Å². The van der Waals surface area contributed by atoms with Crippen LogP contribution in [0.25, 0.3) is 0 Å². The molecule has 0 radical (unpaired) electrons. The molecule has 1 atom stereocenters. The molecule has 0 saturated carbocycles. The van der Waals surface area contributed by atoms with Gasteiger partial charge in [0, 0.05) is 25.5 Å². The first-order chi connectivity index (χ1) is 9.83. The van der Waals surface area contributed by atoms with Crippen LogP contribution in [0.3, 0.4) is 0 Å². The fourth-order valence-electron chi connectivity index (χ4n) is 2.09. The Bertz CT molecular complexity index is 575. The first-order valence-corrected chi connectivity index (χ1v) is 6.50. The summed E-state index contributed by atoms with van der Waals surface area (Å²) in [6.45, 7) is 1.42. The van der Waals surface area contributed by atoms with Crippen molar-refractivity contribution in [1.82, 2.24) is 10.3 Å². The number of hydrogen-bond acceptors (Lipinski definition) is 5. The van der Waals surface area contributed by atoms with Gasteiger partial charge in [0.25, 0.3) is 0 Å². The highest BCUT2D eigenvalue weighted by Crippen LogP contribution is 2.34. The second-order valence-electron chi connectivity index (χ2n) is 4.61. The Kier molecular flexibility index (Phi) is 3.80. The molecule has 0 fully saturated rings. The quantitative estimate of drug-likeness (QED) is 0.866.